The summed E-state index contributed by atoms with van der Waals surface area (Å²) in [5.74, 6) is 1.44. The van der Waals surface area contributed by atoms with Crippen LogP contribution in [0.4, 0.5) is 0 Å². The number of esters is 1. The smallest absolute Gasteiger partial charge is 0.312 e. The molecule has 170 valence electrons. The number of likely N-dealkylation sites (N-methyl/N-ethyl adjacent to an activating group) is 1. The van der Waals surface area contributed by atoms with E-state index in [2.05, 4.69) is 24.0 Å². The van der Waals surface area contributed by atoms with Gasteiger partial charge in [-0.15, -0.1) is 0 Å². The van der Waals surface area contributed by atoms with Gasteiger partial charge in [-0.05, 0) is 52.3 Å². The Morgan fingerprint density at radius 1 is 1.32 bits per heavy atom. The molecule has 6 heteroatoms. The summed E-state index contributed by atoms with van der Waals surface area (Å²) < 4.78 is 17.7. The van der Waals surface area contributed by atoms with Crippen LogP contribution in [0, 0.1) is 11.3 Å². The third kappa shape index (κ3) is 3.35. The highest BCUT2D eigenvalue weighted by Crippen LogP contribution is 2.61. The number of nitrogens with zero attached hydrogens (tertiary/aromatic N) is 1. The number of aliphatic hydroxyl groups is 1. The van der Waals surface area contributed by atoms with Gasteiger partial charge in [0.15, 0.2) is 11.5 Å². The quantitative estimate of drug-likeness (QED) is 0.424. The topological polar surface area (TPSA) is 68.2 Å². The number of benzene rings is 1. The molecule has 0 saturated heterocycles. The van der Waals surface area contributed by atoms with Gasteiger partial charge in [0.25, 0.3) is 0 Å². The molecular formula is C25H35NO5. The summed E-state index contributed by atoms with van der Waals surface area (Å²) in [5.41, 5.74) is 1.56. The van der Waals surface area contributed by atoms with Gasteiger partial charge in [-0.25, -0.2) is 0 Å². The van der Waals surface area contributed by atoms with E-state index in [1.165, 1.54) is 11.1 Å². The normalized spacial score (nSPS) is 30.7. The Hall–Kier alpha value is -2.05. The molecule has 1 aromatic rings. The molecule has 6 nitrogen and oxygen atoms in total. The van der Waals surface area contributed by atoms with E-state index < -0.39 is 11.5 Å². The summed E-state index contributed by atoms with van der Waals surface area (Å²) in [6.07, 6.45) is 5.71. The Bertz CT molecular complexity index is 889. The van der Waals surface area contributed by atoms with E-state index in [-0.39, 0.29) is 36.2 Å². The van der Waals surface area contributed by atoms with Crippen LogP contribution in [-0.4, -0.2) is 55.1 Å². The lowest BCUT2D eigenvalue weighted by molar-refractivity contribution is -0.159. The molecule has 0 bridgehead atoms. The highest BCUT2D eigenvalue weighted by molar-refractivity contribution is 5.75. The van der Waals surface area contributed by atoms with Crippen molar-refractivity contribution in [2.24, 2.45) is 11.3 Å². The van der Waals surface area contributed by atoms with Crippen LogP contribution >= 0.6 is 0 Å². The lowest BCUT2D eigenvalue weighted by atomic mass is 9.54. The molecule has 2 aliphatic carbocycles. The fourth-order valence-corrected chi connectivity index (χ4v) is 5.75. The molecule has 1 N–H and O–H groups in total. The lowest BCUT2D eigenvalue weighted by Crippen LogP contribution is -2.60. The molecule has 4 rings (SSSR count). The standard InChI is InChI=1S/C25H35NO5/c1-7-12-25-16-9-10-18(27)22(25)31-21-19(29-6)11-8-15(20(21)25)13-17(16)26(5)14-30-23(28)24(2,3)4/h8-11,16-18,22,27H,7,12-14H2,1-6H3/t16-,17?,18-,22-,25-/m0/s1. The van der Waals surface area contributed by atoms with Crippen LogP contribution in [0.2, 0.25) is 0 Å². The maximum atomic E-state index is 12.3. The minimum Gasteiger partial charge on any atom is -0.493 e. The van der Waals surface area contributed by atoms with Gasteiger partial charge in [0.2, 0.25) is 0 Å². The minimum absolute atomic E-state index is 0.126. The van der Waals surface area contributed by atoms with Crippen LogP contribution in [0.5, 0.6) is 11.5 Å². The third-order valence-corrected chi connectivity index (χ3v) is 7.15. The largest absolute Gasteiger partial charge is 0.493 e. The summed E-state index contributed by atoms with van der Waals surface area (Å²) in [5, 5.41) is 10.9. The minimum atomic E-state index is -0.671. The van der Waals surface area contributed by atoms with Crippen LogP contribution in [0.15, 0.2) is 24.3 Å². The molecule has 0 radical (unpaired) electrons. The van der Waals surface area contributed by atoms with E-state index in [1.807, 2.05) is 40.0 Å². The van der Waals surface area contributed by atoms with E-state index in [4.69, 9.17) is 14.2 Å². The number of carbonyl (C=O) groups excluding carboxylic acids is 1. The Morgan fingerprint density at radius 3 is 2.71 bits per heavy atom. The van der Waals surface area contributed by atoms with Crippen LogP contribution in [0.25, 0.3) is 0 Å². The Kier molecular flexibility index (Phi) is 5.59. The molecule has 0 aromatic heterocycles. The van der Waals surface area contributed by atoms with Gasteiger partial charge in [-0.2, -0.15) is 0 Å². The van der Waals surface area contributed by atoms with Crippen molar-refractivity contribution in [3.05, 3.63) is 35.4 Å². The van der Waals surface area contributed by atoms with Crippen LogP contribution in [-0.2, 0) is 21.4 Å². The number of rotatable bonds is 6. The molecule has 0 amide bonds. The predicted molar refractivity (Wildman–Crippen MR) is 118 cm³/mol. The van der Waals surface area contributed by atoms with E-state index in [0.29, 0.717) is 0 Å². The van der Waals surface area contributed by atoms with Crippen LogP contribution in [0.1, 0.15) is 51.7 Å². The zero-order valence-corrected chi connectivity index (χ0v) is 19.5. The summed E-state index contributed by atoms with van der Waals surface area (Å²) in [6.45, 7) is 8.01. The average molecular weight is 430 g/mol. The fraction of sp³-hybridized carbons (Fsp3) is 0.640. The van der Waals surface area contributed by atoms with Crippen molar-refractivity contribution in [2.75, 3.05) is 20.9 Å². The van der Waals surface area contributed by atoms with Crippen LogP contribution in [0.3, 0.4) is 0 Å². The molecule has 5 atom stereocenters. The summed E-state index contributed by atoms with van der Waals surface area (Å²) in [6, 6.07) is 4.21. The zero-order valence-electron chi connectivity index (χ0n) is 19.5. The number of hydrogen-bond donors (Lipinski definition) is 1. The van der Waals surface area contributed by atoms with Crippen molar-refractivity contribution in [1.82, 2.24) is 4.90 Å². The molecule has 0 spiro atoms. The van der Waals surface area contributed by atoms with Gasteiger partial charge in [-0.1, -0.05) is 31.6 Å². The molecule has 0 saturated carbocycles. The van der Waals surface area contributed by atoms with E-state index in [1.54, 1.807) is 7.11 Å². The molecular weight excluding hydrogens is 394 g/mol. The number of aliphatic hydroxyl groups excluding tert-OH is 1. The number of methoxy groups -OCH3 is 1. The Morgan fingerprint density at radius 2 is 2.06 bits per heavy atom. The van der Waals surface area contributed by atoms with Crippen molar-refractivity contribution < 1.29 is 24.1 Å². The highest BCUT2D eigenvalue weighted by Gasteiger charge is 2.62. The highest BCUT2D eigenvalue weighted by atomic mass is 16.5. The second kappa shape index (κ2) is 7.82. The number of hydrogen-bond acceptors (Lipinski definition) is 6. The Balaban J connectivity index is 1.75. The maximum absolute atomic E-state index is 12.3. The summed E-state index contributed by atoms with van der Waals surface area (Å²) in [4.78, 5) is 14.5. The molecule has 1 unspecified atom stereocenters. The molecule has 1 aliphatic heterocycles. The summed E-state index contributed by atoms with van der Waals surface area (Å²) in [7, 11) is 3.67. The Labute approximate surface area is 185 Å². The first-order valence-electron chi connectivity index (χ1n) is 11.3. The van der Waals surface area contributed by atoms with Gasteiger partial charge in [0.1, 0.15) is 18.9 Å². The molecule has 3 aliphatic rings. The second-order valence-electron chi connectivity index (χ2n) is 10.2. The lowest BCUT2D eigenvalue weighted by Gasteiger charge is -2.52. The zero-order chi connectivity index (χ0) is 22.6. The molecule has 1 heterocycles. The third-order valence-electron chi connectivity index (χ3n) is 7.15. The van der Waals surface area contributed by atoms with Crippen molar-refractivity contribution in [3.63, 3.8) is 0 Å². The molecule has 0 fully saturated rings. The average Bonchev–Trinajstić information content (AvgIpc) is 3.07. The maximum Gasteiger partial charge on any atom is 0.312 e. The van der Waals surface area contributed by atoms with Crippen molar-refractivity contribution in [3.8, 4) is 11.5 Å². The predicted octanol–water partition coefficient (Wildman–Crippen LogP) is 3.44. The molecule has 1 aromatic carbocycles. The van der Waals surface area contributed by atoms with Crippen molar-refractivity contribution in [1.29, 1.82) is 0 Å². The number of ether oxygens (including phenoxy) is 3. The fourth-order valence-electron chi connectivity index (χ4n) is 5.75. The van der Waals surface area contributed by atoms with Crippen LogP contribution < -0.4 is 9.47 Å². The van der Waals surface area contributed by atoms with Crippen molar-refractivity contribution >= 4 is 5.97 Å². The number of carbonyl (C=O) groups is 1. The van der Waals surface area contributed by atoms with Gasteiger partial charge < -0.3 is 19.3 Å². The van der Waals surface area contributed by atoms with Gasteiger partial charge >= 0.3 is 5.97 Å². The monoisotopic (exact) mass is 429 g/mol. The van der Waals surface area contributed by atoms with Gasteiger partial charge in [-0.3, -0.25) is 9.69 Å². The van der Waals surface area contributed by atoms with Gasteiger partial charge in [0, 0.05) is 22.9 Å². The first-order valence-corrected chi connectivity index (χ1v) is 11.3. The second-order valence-corrected chi connectivity index (χ2v) is 10.2. The first kappa shape index (κ1) is 22.2. The SMILES string of the molecule is CCC[C@]12c3c4ccc(OC)c3O[C@H]1[C@@H](O)C=C[C@H]2C(N(C)COC(=O)C(C)(C)C)C4. The summed E-state index contributed by atoms with van der Waals surface area (Å²) >= 11 is 0. The van der Waals surface area contributed by atoms with E-state index in [0.717, 1.165) is 30.8 Å². The van der Waals surface area contributed by atoms with E-state index in [9.17, 15) is 9.90 Å². The van der Waals surface area contributed by atoms with Crippen molar-refractivity contribution in [2.45, 2.75) is 70.6 Å². The first-order chi connectivity index (χ1) is 14.6. The van der Waals surface area contributed by atoms with Gasteiger partial charge in [0.05, 0.1) is 12.5 Å². The molecule has 31 heavy (non-hydrogen) atoms. The van der Waals surface area contributed by atoms with E-state index >= 15 is 0 Å².